The van der Waals surface area contributed by atoms with Crippen molar-refractivity contribution in [3.63, 3.8) is 0 Å². The van der Waals surface area contributed by atoms with Crippen molar-refractivity contribution in [2.24, 2.45) is 0 Å². The van der Waals surface area contributed by atoms with Gasteiger partial charge >= 0.3 is 0 Å². The Balaban J connectivity index is 1.46. The molecule has 8 heteroatoms. The Hall–Kier alpha value is -2.19. The molecule has 0 amide bonds. The van der Waals surface area contributed by atoms with Crippen molar-refractivity contribution in [3.05, 3.63) is 59.8 Å². The van der Waals surface area contributed by atoms with Gasteiger partial charge in [0, 0.05) is 40.6 Å². The molecule has 2 heterocycles. The van der Waals surface area contributed by atoms with Gasteiger partial charge in [0.2, 0.25) is 10.0 Å². The Morgan fingerprint density at radius 2 is 1.97 bits per heavy atom. The van der Waals surface area contributed by atoms with Crippen LogP contribution in [-0.2, 0) is 10.0 Å². The van der Waals surface area contributed by atoms with Gasteiger partial charge in [-0.25, -0.2) is 13.1 Å². The molecule has 0 radical (unpaired) electrons. The van der Waals surface area contributed by atoms with Crippen LogP contribution in [0.25, 0.3) is 10.9 Å². The van der Waals surface area contributed by atoms with Crippen LogP contribution in [0.5, 0.6) is 0 Å². The summed E-state index contributed by atoms with van der Waals surface area (Å²) in [5.41, 5.74) is 2.47. The van der Waals surface area contributed by atoms with E-state index in [1.807, 2.05) is 24.3 Å². The number of rotatable bonds is 7. The van der Waals surface area contributed by atoms with E-state index in [-0.39, 0.29) is 10.9 Å². The molecule has 6 nitrogen and oxygen atoms in total. The lowest BCUT2D eigenvalue weighted by Gasteiger charge is -2.22. The minimum Gasteiger partial charge on any atom is -0.355 e. The summed E-state index contributed by atoms with van der Waals surface area (Å²) < 4.78 is 28.1. The van der Waals surface area contributed by atoms with E-state index < -0.39 is 10.0 Å². The molecule has 0 spiro atoms. The molecular weight excluding hydrogens is 420 g/mol. The van der Waals surface area contributed by atoms with Gasteiger partial charge in [0.15, 0.2) is 0 Å². The Labute approximate surface area is 182 Å². The predicted octanol–water partition coefficient (Wildman–Crippen LogP) is 4.39. The molecule has 1 aromatic heterocycles. The van der Waals surface area contributed by atoms with Gasteiger partial charge in [-0.1, -0.05) is 18.5 Å². The molecule has 0 unspecified atom stereocenters. The Morgan fingerprint density at radius 3 is 2.73 bits per heavy atom. The first kappa shape index (κ1) is 21.1. The second-order valence-corrected chi connectivity index (χ2v) is 9.65. The van der Waals surface area contributed by atoms with E-state index in [2.05, 4.69) is 26.8 Å². The fraction of sp³-hybridized carbons (Fsp3) is 0.318. The number of pyridine rings is 1. The maximum absolute atomic E-state index is 12.7. The molecule has 1 aliphatic rings. The van der Waals surface area contributed by atoms with Crippen LogP contribution in [0.2, 0.25) is 5.02 Å². The number of benzene rings is 2. The first-order chi connectivity index (χ1) is 14.5. The number of fused-ring (bicyclic) bond motifs is 1. The van der Waals surface area contributed by atoms with Crippen molar-refractivity contribution in [1.82, 2.24) is 14.6 Å². The molecule has 3 aromatic rings. The third kappa shape index (κ3) is 4.59. The molecule has 158 valence electrons. The first-order valence-corrected chi connectivity index (χ1v) is 12.0. The summed E-state index contributed by atoms with van der Waals surface area (Å²) in [4.78, 5) is 6.93. The summed E-state index contributed by atoms with van der Waals surface area (Å²) in [5, 5.41) is 4.91. The van der Waals surface area contributed by atoms with Crippen LogP contribution < -0.4 is 10.0 Å². The Bertz CT molecular complexity index is 1140. The van der Waals surface area contributed by atoms with Gasteiger partial charge < -0.3 is 5.32 Å². The average molecular weight is 445 g/mol. The third-order valence-corrected chi connectivity index (χ3v) is 7.24. The number of halogens is 1. The minimum absolute atomic E-state index is 0.264. The highest BCUT2D eigenvalue weighted by Gasteiger charge is 2.25. The molecule has 2 N–H and O–H groups in total. The van der Waals surface area contributed by atoms with Crippen LogP contribution in [0.4, 0.5) is 11.4 Å². The molecule has 0 aliphatic carbocycles. The van der Waals surface area contributed by atoms with Crippen molar-refractivity contribution in [1.29, 1.82) is 0 Å². The fourth-order valence-corrected chi connectivity index (χ4v) is 5.17. The normalized spacial score (nSPS) is 17.5. The monoisotopic (exact) mass is 444 g/mol. The maximum Gasteiger partial charge on any atom is 0.240 e. The summed E-state index contributed by atoms with van der Waals surface area (Å²) in [6, 6.07) is 14.5. The summed E-state index contributed by atoms with van der Waals surface area (Å²) in [6.45, 7) is 4.54. The van der Waals surface area contributed by atoms with E-state index in [9.17, 15) is 8.42 Å². The molecule has 0 bridgehead atoms. The van der Waals surface area contributed by atoms with E-state index in [1.54, 1.807) is 30.5 Å². The quantitative estimate of drug-likeness (QED) is 0.565. The van der Waals surface area contributed by atoms with Crippen LogP contribution >= 0.6 is 11.6 Å². The van der Waals surface area contributed by atoms with E-state index >= 15 is 0 Å². The Kier molecular flexibility index (Phi) is 6.24. The number of anilines is 2. The number of hydrogen-bond donors (Lipinski definition) is 2. The van der Waals surface area contributed by atoms with Crippen LogP contribution in [-0.4, -0.2) is 44.0 Å². The molecule has 1 fully saturated rings. The average Bonchev–Trinajstić information content (AvgIpc) is 3.20. The summed E-state index contributed by atoms with van der Waals surface area (Å²) in [6.07, 6.45) is 3.87. The minimum atomic E-state index is -3.54. The molecule has 1 aliphatic heterocycles. The highest BCUT2D eigenvalue weighted by molar-refractivity contribution is 7.89. The number of hydrogen-bond acceptors (Lipinski definition) is 5. The molecule has 1 atom stereocenters. The predicted molar refractivity (Wildman–Crippen MR) is 122 cm³/mol. The third-order valence-electron chi connectivity index (χ3n) is 5.56. The van der Waals surface area contributed by atoms with Gasteiger partial charge in [0.05, 0.1) is 10.4 Å². The highest BCUT2D eigenvalue weighted by Crippen LogP contribution is 2.27. The van der Waals surface area contributed by atoms with Gasteiger partial charge in [0.1, 0.15) is 0 Å². The molecular formula is C22H25ClN4O2S. The lowest BCUT2D eigenvalue weighted by molar-refractivity contribution is 0.268. The summed E-state index contributed by atoms with van der Waals surface area (Å²) >= 11 is 6.05. The molecule has 4 rings (SSSR count). The molecule has 30 heavy (non-hydrogen) atoms. The number of aromatic nitrogens is 1. The standard InChI is InChI=1S/C22H25ClN4O2S/c1-2-27-13-3-4-18(27)15-25-30(28,29)19-8-6-17(7-9-19)26-21-11-12-24-22-14-16(23)5-10-20(21)22/h5-12,14,18,25H,2-4,13,15H2,1H3,(H,24,26)/t18-/m0/s1. The molecule has 2 aromatic carbocycles. The smallest absolute Gasteiger partial charge is 0.240 e. The van der Waals surface area contributed by atoms with E-state index in [1.165, 1.54) is 0 Å². The maximum atomic E-state index is 12.7. The first-order valence-electron chi connectivity index (χ1n) is 10.1. The van der Waals surface area contributed by atoms with Gasteiger partial charge in [-0.05, 0) is 74.5 Å². The lowest BCUT2D eigenvalue weighted by Crippen LogP contribution is -2.39. The number of likely N-dealkylation sites (tertiary alicyclic amines) is 1. The number of sulfonamides is 1. The van der Waals surface area contributed by atoms with Crippen molar-refractivity contribution in [3.8, 4) is 0 Å². The largest absolute Gasteiger partial charge is 0.355 e. The van der Waals surface area contributed by atoms with Crippen LogP contribution in [0.3, 0.4) is 0 Å². The summed E-state index contributed by atoms with van der Waals surface area (Å²) in [7, 11) is -3.54. The highest BCUT2D eigenvalue weighted by atomic mass is 35.5. The van der Waals surface area contributed by atoms with Gasteiger partial charge in [-0.3, -0.25) is 9.88 Å². The Morgan fingerprint density at radius 1 is 1.17 bits per heavy atom. The van der Waals surface area contributed by atoms with Gasteiger partial charge in [-0.2, -0.15) is 0 Å². The number of likely N-dealkylation sites (N-methyl/N-ethyl adjacent to an activating group) is 1. The fourth-order valence-electron chi connectivity index (χ4n) is 3.94. The number of nitrogens with one attached hydrogen (secondary N) is 2. The van der Waals surface area contributed by atoms with Gasteiger partial charge in [0.25, 0.3) is 0 Å². The second kappa shape index (κ2) is 8.89. The van der Waals surface area contributed by atoms with Crippen LogP contribution in [0, 0.1) is 0 Å². The van der Waals surface area contributed by atoms with Crippen molar-refractivity contribution in [2.75, 3.05) is 25.0 Å². The van der Waals surface area contributed by atoms with Crippen molar-refractivity contribution in [2.45, 2.75) is 30.7 Å². The summed E-state index contributed by atoms with van der Waals surface area (Å²) in [5.74, 6) is 0. The van der Waals surface area contributed by atoms with Gasteiger partial charge in [-0.15, -0.1) is 0 Å². The zero-order valence-electron chi connectivity index (χ0n) is 16.8. The van der Waals surface area contributed by atoms with Crippen LogP contribution in [0.15, 0.2) is 59.6 Å². The van der Waals surface area contributed by atoms with Crippen molar-refractivity contribution < 1.29 is 8.42 Å². The zero-order chi connectivity index (χ0) is 21.1. The SMILES string of the molecule is CCN1CCC[C@H]1CNS(=O)(=O)c1ccc(Nc2ccnc3cc(Cl)ccc23)cc1. The topological polar surface area (TPSA) is 74.3 Å². The van der Waals surface area contributed by atoms with E-state index in [0.717, 1.165) is 48.2 Å². The number of nitrogens with zero attached hydrogens (tertiary/aromatic N) is 2. The van der Waals surface area contributed by atoms with E-state index in [4.69, 9.17) is 11.6 Å². The van der Waals surface area contributed by atoms with Crippen LogP contribution in [0.1, 0.15) is 19.8 Å². The zero-order valence-corrected chi connectivity index (χ0v) is 18.4. The second-order valence-electron chi connectivity index (χ2n) is 7.45. The lowest BCUT2D eigenvalue weighted by atomic mass is 10.2. The van der Waals surface area contributed by atoms with Crippen molar-refractivity contribution >= 4 is 43.9 Å². The molecule has 0 saturated carbocycles. The van der Waals surface area contributed by atoms with E-state index in [0.29, 0.717) is 11.6 Å². The molecule has 1 saturated heterocycles.